The molecule has 1 atom stereocenters. The Morgan fingerprint density at radius 1 is 1.38 bits per heavy atom. The van der Waals surface area contributed by atoms with E-state index >= 15 is 0 Å². The lowest BCUT2D eigenvalue weighted by atomic mass is 10.2. The molecule has 0 aliphatic heterocycles. The number of aliphatic hydroxyl groups is 1. The average molecular weight is 264 g/mol. The standard InChI is InChI=1S/C10H15Cl2N3O/c1-3-6(5-16)14-10-8(12)4-7(11)9(13-2)15-10/h4,6,16H,3,5H2,1-2H3,(H2,13,14,15). The van der Waals surface area contributed by atoms with E-state index < -0.39 is 0 Å². The monoisotopic (exact) mass is 263 g/mol. The summed E-state index contributed by atoms with van der Waals surface area (Å²) in [5.41, 5.74) is 0. The summed E-state index contributed by atoms with van der Waals surface area (Å²) in [4.78, 5) is 4.23. The van der Waals surface area contributed by atoms with Gasteiger partial charge in [-0.15, -0.1) is 0 Å². The molecule has 0 fully saturated rings. The molecule has 0 aliphatic rings. The van der Waals surface area contributed by atoms with Crippen LogP contribution in [-0.4, -0.2) is 29.8 Å². The summed E-state index contributed by atoms with van der Waals surface area (Å²) in [6, 6.07) is 1.56. The fraction of sp³-hybridized carbons (Fsp3) is 0.500. The lowest BCUT2D eigenvalue weighted by Gasteiger charge is -2.16. The van der Waals surface area contributed by atoms with Gasteiger partial charge in [-0.2, -0.15) is 0 Å². The number of anilines is 2. The summed E-state index contributed by atoms with van der Waals surface area (Å²) >= 11 is 11.9. The van der Waals surface area contributed by atoms with E-state index in [4.69, 9.17) is 28.3 Å². The second-order valence-corrected chi connectivity index (χ2v) is 4.15. The molecule has 16 heavy (non-hydrogen) atoms. The van der Waals surface area contributed by atoms with E-state index in [0.29, 0.717) is 21.7 Å². The SMILES string of the molecule is CCC(CO)Nc1nc(NC)c(Cl)cc1Cl. The second kappa shape index (κ2) is 6.13. The molecule has 90 valence electrons. The van der Waals surface area contributed by atoms with Gasteiger partial charge in [-0.3, -0.25) is 0 Å². The lowest BCUT2D eigenvalue weighted by molar-refractivity contribution is 0.271. The third kappa shape index (κ3) is 3.14. The lowest BCUT2D eigenvalue weighted by Crippen LogP contribution is -2.23. The van der Waals surface area contributed by atoms with Crippen molar-refractivity contribution in [3.8, 4) is 0 Å². The molecule has 0 radical (unpaired) electrons. The van der Waals surface area contributed by atoms with Crippen LogP contribution in [0.4, 0.5) is 11.6 Å². The molecule has 0 saturated heterocycles. The molecule has 4 nitrogen and oxygen atoms in total. The van der Waals surface area contributed by atoms with Gasteiger partial charge in [0, 0.05) is 7.05 Å². The van der Waals surface area contributed by atoms with Crippen LogP contribution in [-0.2, 0) is 0 Å². The highest BCUT2D eigenvalue weighted by atomic mass is 35.5. The van der Waals surface area contributed by atoms with Crippen molar-refractivity contribution in [2.24, 2.45) is 0 Å². The molecule has 1 rings (SSSR count). The van der Waals surface area contributed by atoms with Gasteiger partial charge < -0.3 is 15.7 Å². The van der Waals surface area contributed by atoms with E-state index in [1.165, 1.54) is 0 Å². The first-order valence-corrected chi connectivity index (χ1v) is 5.79. The van der Waals surface area contributed by atoms with Gasteiger partial charge in [0.1, 0.15) is 11.6 Å². The Kier molecular flexibility index (Phi) is 5.12. The predicted octanol–water partition coefficient (Wildman–Crippen LogP) is 2.61. The van der Waals surface area contributed by atoms with Crippen molar-refractivity contribution in [3.63, 3.8) is 0 Å². The molecule has 1 aromatic heterocycles. The van der Waals surface area contributed by atoms with Crippen molar-refractivity contribution < 1.29 is 5.11 Å². The zero-order valence-electron chi connectivity index (χ0n) is 9.22. The number of aromatic nitrogens is 1. The van der Waals surface area contributed by atoms with Crippen molar-refractivity contribution in [2.75, 3.05) is 24.3 Å². The van der Waals surface area contributed by atoms with Crippen LogP contribution in [0.5, 0.6) is 0 Å². The van der Waals surface area contributed by atoms with Gasteiger partial charge >= 0.3 is 0 Å². The van der Waals surface area contributed by atoms with Crippen LogP contribution in [0.3, 0.4) is 0 Å². The number of halogens is 2. The summed E-state index contributed by atoms with van der Waals surface area (Å²) in [5, 5.41) is 15.9. The fourth-order valence-electron chi connectivity index (χ4n) is 1.21. The molecular formula is C10H15Cl2N3O. The quantitative estimate of drug-likeness (QED) is 0.765. The Morgan fingerprint density at radius 2 is 2.00 bits per heavy atom. The second-order valence-electron chi connectivity index (χ2n) is 3.33. The zero-order valence-corrected chi connectivity index (χ0v) is 10.7. The summed E-state index contributed by atoms with van der Waals surface area (Å²) in [7, 11) is 1.73. The van der Waals surface area contributed by atoms with Crippen LogP contribution in [0.1, 0.15) is 13.3 Å². The molecule has 0 amide bonds. The Balaban J connectivity index is 2.95. The van der Waals surface area contributed by atoms with Crippen molar-refractivity contribution in [2.45, 2.75) is 19.4 Å². The van der Waals surface area contributed by atoms with E-state index in [0.717, 1.165) is 6.42 Å². The van der Waals surface area contributed by atoms with Crippen molar-refractivity contribution in [1.82, 2.24) is 4.98 Å². The molecule has 1 heterocycles. The zero-order chi connectivity index (χ0) is 12.1. The largest absolute Gasteiger partial charge is 0.394 e. The maximum atomic E-state index is 9.08. The topological polar surface area (TPSA) is 57.2 Å². The van der Waals surface area contributed by atoms with Crippen LogP contribution in [0.15, 0.2) is 6.07 Å². The van der Waals surface area contributed by atoms with Gasteiger partial charge in [0.05, 0.1) is 22.7 Å². The highest BCUT2D eigenvalue weighted by Gasteiger charge is 2.11. The number of nitrogens with one attached hydrogen (secondary N) is 2. The minimum Gasteiger partial charge on any atom is -0.394 e. The average Bonchev–Trinajstić information content (AvgIpc) is 2.28. The van der Waals surface area contributed by atoms with E-state index in [1.807, 2.05) is 6.92 Å². The molecule has 3 N–H and O–H groups in total. The van der Waals surface area contributed by atoms with Crippen LogP contribution >= 0.6 is 23.2 Å². The van der Waals surface area contributed by atoms with Gasteiger partial charge in [-0.05, 0) is 12.5 Å². The minimum atomic E-state index is -0.0594. The fourth-order valence-corrected chi connectivity index (χ4v) is 1.72. The number of hydrogen-bond donors (Lipinski definition) is 3. The summed E-state index contributed by atoms with van der Waals surface area (Å²) in [6.07, 6.45) is 0.784. The Hall–Kier alpha value is -0.710. The molecule has 0 saturated carbocycles. The van der Waals surface area contributed by atoms with Gasteiger partial charge in [0.25, 0.3) is 0 Å². The third-order valence-electron chi connectivity index (χ3n) is 2.22. The Morgan fingerprint density at radius 3 is 2.50 bits per heavy atom. The van der Waals surface area contributed by atoms with Crippen molar-refractivity contribution >= 4 is 34.8 Å². The van der Waals surface area contributed by atoms with E-state index in [2.05, 4.69) is 15.6 Å². The highest BCUT2D eigenvalue weighted by molar-refractivity contribution is 6.37. The van der Waals surface area contributed by atoms with E-state index in [9.17, 15) is 0 Å². The van der Waals surface area contributed by atoms with Gasteiger partial charge in [0.2, 0.25) is 0 Å². The highest BCUT2D eigenvalue weighted by Crippen LogP contribution is 2.29. The van der Waals surface area contributed by atoms with Gasteiger partial charge in [-0.1, -0.05) is 30.1 Å². The smallest absolute Gasteiger partial charge is 0.147 e. The van der Waals surface area contributed by atoms with Crippen LogP contribution in [0, 0.1) is 0 Å². The molecule has 1 unspecified atom stereocenters. The number of aliphatic hydroxyl groups excluding tert-OH is 1. The summed E-state index contributed by atoms with van der Waals surface area (Å²) in [6.45, 7) is 2.00. The third-order valence-corrected chi connectivity index (χ3v) is 2.80. The molecule has 0 aromatic carbocycles. The Bertz CT molecular complexity index is 356. The summed E-state index contributed by atoms with van der Waals surface area (Å²) < 4.78 is 0. The molecule has 6 heteroatoms. The number of nitrogens with zero attached hydrogens (tertiary/aromatic N) is 1. The van der Waals surface area contributed by atoms with Gasteiger partial charge in [0.15, 0.2) is 0 Å². The van der Waals surface area contributed by atoms with E-state index in [-0.39, 0.29) is 12.6 Å². The number of pyridine rings is 1. The van der Waals surface area contributed by atoms with Crippen LogP contribution in [0.25, 0.3) is 0 Å². The maximum absolute atomic E-state index is 9.08. The first-order chi connectivity index (χ1) is 7.62. The van der Waals surface area contributed by atoms with Crippen LogP contribution in [0.2, 0.25) is 10.0 Å². The predicted molar refractivity (Wildman–Crippen MR) is 68.6 cm³/mol. The molecule has 0 bridgehead atoms. The normalized spacial score (nSPS) is 12.3. The maximum Gasteiger partial charge on any atom is 0.147 e. The van der Waals surface area contributed by atoms with Crippen molar-refractivity contribution in [3.05, 3.63) is 16.1 Å². The van der Waals surface area contributed by atoms with Crippen LogP contribution < -0.4 is 10.6 Å². The number of rotatable bonds is 5. The molecule has 0 spiro atoms. The summed E-state index contributed by atoms with van der Waals surface area (Å²) in [5.74, 6) is 1.08. The first kappa shape index (κ1) is 13.4. The molecule has 0 aliphatic carbocycles. The van der Waals surface area contributed by atoms with Crippen molar-refractivity contribution in [1.29, 1.82) is 0 Å². The molecule has 1 aromatic rings. The van der Waals surface area contributed by atoms with Gasteiger partial charge in [-0.25, -0.2) is 4.98 Å². The first-order valence-electron chi connectivity index (χ1n) is 5.03. The molecular weight excluding hydrogens is 249 g/mol. The van der Waals surface area contributed by atoms with E-state index in [1.54, 1.807) is 13.1 Å². The Labute approximate surface area is 105 Å². The number of hydrogen-bond acceptors (Lipinski definition) is 4. The minimum absolute atomic E-state index is 0.0338.